The Kier molecular flexibility index (Phi) is 6.82. The van der Waals surface area contributed by atoms with E-state index in [1.807, 2.05) is 37.3 Å². The molecule has 4 fully saturated rings. The van der Waals surface area contributed by atoms with Gasteiger partial charge in [0.2, 0.25) is 17.7 Å². The largest absolute Gasteiger partial charge is 0.371 e. The average molecular weight is 734 g/mol. The van der Waals surface area contributed by atoms with Crippen molar-refractivity contribution in [2.75, 3.05) is 29.9 Å². The molecule has 14 heteroatoms. The van der Waals surface area contributed by atoms with Crippen LogP contribution in [0.25, 0.3) is 22.3 Å². The zero-order valence-electron chi connectivity index (χ0n) is 29.7. The van der Waals surface area contributed by atoms with Crippen LogP contribution < -0.4 is 15.1 Å². The van der Waals surface area contributed by atoms with Crippen LogP contribution in [0, 0.1) is 22.7 Å². The van der Waals surface area contributed by atoms with Crippen LogP contribution in [-0.2, 0) is 27.2 Å². The predicted octanol–water partition coefficient (Wildman–Crippen LogP) is 5.11. The molecular formula is C40H37F2N7O5. The van der Waals surface area contributed by atoms with E-state index < -0.39 is 41.2 Å². The maximum atomic E-state index is 13.7. The summed E-state index contributed by atoms with van der Waals surface area (Å²) in [6.07, 6.45) is 2.07. The van der Waals surface area contributed by atoms with Crippen molar-refractivity contribution in [2.24, 2.45) is 22.7 Å². The molecule has 4 aromatic rings. The number of piperidine rings is 1. The van der Waals surface area contributed by atoms with Crippen LogP contribution in [0.3, 0.4) is 0 Å². The quantitative estimate of drug-likeness (QED) is 0.241. The summed E-state index contributed by atoms with van der Waals surface area (Å²) in [5.41, 5.74) is 6.15. The Balaban J connectivity index is 0.796. The van der Waals surface area contributed by atoms with Crippen molar-refractivity contribution in [3.05, 3.63) is 76.5 Å². The van der Waals surface area contributed by atoms with E-state index in [0.29, 0.717) is 12.8 Å². The van der Waals surface area contributed by atoms with Crippen LogP contribution in [0.1, 0.15) is 71.0 Å². The lowest BCUT2D eigenvalue weighted by molar-refractivity contribution is -0.136. The van der Waals surface area contributed by atoms with Crippen molar-refractivity contribution in [1.29, 1.82) is 0 Å². The third-order valence-corrected chi connectivity index (χ3v) is 13.3. The number of rotatable bonds is 5. The van der Waals surface area contributed by atoms with Gasteiger partial charge >= 0.3 is 0 Å². The van der Waals surface area contributed by atoms with Gasteiger partial charge in [0.05, 0.1) is 16.8 Å². The van der Waals surface area contributed by atoms with Crippen LogP contribution in [0.5, 0.6) is 0 Å². The first-order chi connectivity index (χ1) is 25.8. The van der Waals surface area contributed by atoms with E-state index in [1.54, 1.807) is 24.1 Å². The standard InChI is InChI=1S/C40H37F2N7O5/c1-39-17-29-25(14-26(39)32(39)34(41)42)33(46-45-29)28-11-19-3-4-21(13-27(19)43-28)47(2)36(52)20-15-40(16-20)9-10-48(18-40)22-5-6-23-24(12-22)38(54)49(37(23)53)30-7-8-31(50)44-35(30)51/h3-6,11-13,20,26,30,43H,7-10,14-18H2,1-2H3,(H,45,46)(H,44,50,51)/t20?,26-,30?,39-,40?/m1/s1. The van der Waals surface area contributed by atoms with Gasteiger partial charge in [0, 0.05) is 77.0 Å². The highest BCUT2D eigenvalue weighted by Crippen LogP contribution is 2.66. The summed E-state index contributed by atoms with van der Waals surface area (Å²) in [5, 5.41) is 10.9. The second kappa shape index (κ2) is 11.2. The normalized spacial score (nSPS) is 28.3. The first-order valence-electron chi connectivity index (χ1n) is 18.5. The number of hydrogen-bond acceptors (Lipinski definition) is 7. The molecule has 1 unspecified atom stereocenters. The van der Waals surface area contributed by atoms with Gasteiger partial charge in [0.1, 0.15) is 11.7 Å². The minimum atomic E-state index is -1.56. The lowest BCUT2D eigenvalue weighted by Crippen LogP contribution is -2.54. The number of aromatic nitrogens is 3. The van der Waals surface area contributed by atoms with Crippen molar-refractivity contribution in [1.82, 2.24) is 25.4 Å². The monoisotopic (exact) mass is 733 g/mol. The average Bonchev–Trinajstić information content (AvgIpc) is 3.65. The van der Waals surface area contributed by atoms with Gasteiger partial charge in [0.25, 0.3) is 17.9 Å². The third-order valence-electron chi connectivity index (χ3n) is 13.3. The lowest BCUT2D eigenvalue weighted by Gasteiger charge is -2.45. The predicted molar refractivity (Wildman–Crippen MR) is 193 cm³/mol. The van der Waals surface area contributed by atoms with E-state index in [4.69, 9.17) is 0 Å². The molecule has 3 atom stereocenters. The van der Waals surface area contributed by atoms with Crippen LogP contribution in [-0.4, -0.2) is 75.8 Å². The molecule has 5 amide bonds. The first kappa shape index (κ1) is 32.9. The molecular weight excluding hydrogens is 696 g/mol. The number of nitrogens with one attached hydrogen (secondary N) is 3. The zero-order valence-corrected chi connectivity index (χ0v) is 29.7. The molecule has 2 aromatic carbocycles. The number of fused-ring (bicyclic) bond motifs is 4. The lowest BCUT2D eigenvalue weighted by atomic mass is 9.61. The fourth-order valence-corrected chi connectivity index (χ4v) is 10.2. The van der Waals surface area contributed by atoms with Crippen LogP contribution in [0.2, 0.25) is 0 Å². The van der Waals surface area contributed by atoms with Gasteiger partial charge in [-0.1, -0.05) is 13.0 Å². The molecule has 0 bridgehead atoms. The van der Waals surface area contributed by atoms with Gasteiger partial charge in [-0.05, 0) is 86.3 Å². The van der Waals surface area contributed by atoms with E-state index in [0.717, 1.165) is 82.2 Å². The number of carbonyl (C=O) groups excluding carboxylic acids is 5. The number of carbonyl (C=O) groups is 5. The van der Waals surface area contributed by atoms with Crippen molar-refractivity contribution in [3.63, 3.8) is 0 Å². The number of allylic oxidation sites excluding steroid dienone is 1. The Morgan fingerprint density at radius 1 is 1.02 bits per heavy atom. The van der Waals surface area contributed by atoms with Gasteiger partial charge in [-0.25, -0.2) is 0 Å². The molecule has 2 aromatic heterocycles. The van der Waals surface area contributed by atoms with E-state index >= 15 is 0 Å². The molecule has 5 heterocycles. The highest BCUT2D eigenvalue weighted by atomic mass is 19.3. The number of imide groups is 2. The summed E-state index contributed by atoms with van der Waals surface area (Å²) in [5.74, 6) is -2.33. The van der Waals surface area contributed by atoms with Crippen molar-refractivity contribution in [2.45, 2.75) is 57.9 Å². The minimum absolute atomic E-state index is 0.0236. The smallest absolute Gasteiger partial charge is 0.270 e. The maximum Gasteiger partial charge on any atom is 0.270 e. The molecule has 3 N–H and O–H groups in total. The van der Waals surface area contributed by atoms with Crippen LogP contribution >= 0.6 is 0 Å². The SMILES string of the molecule is CN(C(=O)C1CC2(CCN(c3ccc4c(c3)C(=O)N(C3CCC(=O)NC3=O)C4=O)C2)C1)c1ccc2cc(-c3n[nH]c4c3C[C@@H]3C(=C(F)F)[C@]3(C)C4)[nH]c2c1. The number of halogens is 2. The van der Waals surface area contributed by atoms with Gasteiger partial charge in [-0.2, -0.15) is 13.9 Å². The maximum absolute atomic E-state index is 13.7. The van der Waals surface area contributed by atoms with E-state index in [2.05, 4.69) is 25.4 Å². The van der Waals surface area contributed by atoms with Crippen molar-refractivity contribution in [3.8, 4) is 11.4 Å². The summed E-state index contributed by atoms with van der Waals surface area (Å²) in [4.78, 5) is 72.7. The molecule has 0 radical (unpaired) electrons. The summed E-state index contributed by atoms with van der Waals surface area (Å²) >= 11 is 0. The highest BCUT2D eigenvalue weighted by molar-refractivity contribution is 6.23. The molecule has 10 rings (SSSR count). The van der Waals surface area contributed by atoms with Gasteiger partial charge in [-0.15, -0.1) is 0 Å². The Bertz CT molecular complexity index is 2420. The Labute approximate surface area is 307 Å². The molecule has 12 nitrogen and oxygen atoms in total. The van der Waals surface area contributed by atoms with E-state index in [1.165, 1.54) is 0 Å². The topological polar surface area (TPSA) is 152 Å². The molecule has 3 aliphatic heterocycles. The van der Waals surface area contributed by atoms with Gasteiger partial charge < -0.3 is 14.8 Å². The summed E-state index contributed by atoms with van der Waals surface area (Å²) in [6.45, 7) is 3.38. The summed E-state index contributed by atoms with van der Waals surface area (Å²) in [7, 11) is 1.80. The number of hydrogen-bond donors (Lipinski definition) is 3. The van der Waals surface area contributed by atoms with Crippen LogP contribution in [0.15, 0.2) is 54.1 Å². The van der Waals surface area contributed by atoms with E-state index in [9.17, 15) is 32.8 Å². The third kappa shape index (κ3) is 4.70. The zero-order chi connectivity index (χ0) is 37.4. The second-order valence-corrected chi connectivity index (χ2v) is 16.4. The number of amides is 5. The fraction of sp³-hybridized carbons (Fsp3) is 0.400. The number of H-pyrrole nitrogens is 2. The molecule has 1 spiro atoms. The minimum Gasteiger partial charge on any atom is -0.371 e. The summed E-state index contributed by atoms with van der Waals surface area (Å²) < 4.78 is 27.1. The number of nitrogens with zero attached hydrogens (tertiary/aromatic N) is 4. The first-order valence-corrected chi connectivity index (χ1v) is 18.5. The fourth-order valence-electron chi connectivity index (χ4n) is 10.2. The van der Waals surface area contributed by atoms with Crippen molar-refractivity contribution >= 4 is 51.8 Å². The van der Waals surface area contributed by atoms with Crippen LogP contribution in [0.4, 0.5) is 20.2 Å². The number of benzene rings is 2. The number of aromatic amines is 2. The molecule has 6 aliphatic rings. The van der Waals surface area contributed by atoms with Crippen molar-refractivity contribution < 1.29 is 32.8 Å². The highest BCUT2D eigenvalue weighted by Gasteiger charge is 2.61. The van der Waals surface area contributed by atoms with E-state index in [-0.39, 0.29) is 52.7 Å². The molecule has 3 aliphatic carbocycles. The molecule has 2 saturated carbocycles. The Hall–Kier alpha value is -5.66. The van der Waals surface area contributed by atoms with Gasteiger partial charge in [-0.3, -0.25) is 39.3 Å². The summed E-state index contributed by atoms with van der Waals surface area (Å²) in [6, 6.07) is 12.1. The Morgan fingerprint density at radius 2 is 1.81 bits per heavy atom. The number of anilines is 2. The molecule has 2 saturated heterocycles. The molecule has 276 valence electrons. The second-order valence-electron chi connectivity index (χ2n) is 16.4. The Morgan fingerprint density at radius 3 is 2.59 bits per heavy atom. The van der Waals surface area contributed by atoms with Gasteiger partial charge in [0.15, 0.2) is 0 Å². The molecule has 54 heavy (non-hydrogen) atoms.